The Labute approximate surface area is 213 Å². The van der Waals surface area contributed by atoms with E-state index >= 15 is 0 Å². The summed E-state index contributed by atoms with van der Waals surface area (Å²) in [6, 6.07) is 10.3. The first kappa shape index (κ1) is 29.6. The molecule has 0 aliphatic heterocycles. The van der Waals surface area contributed by atoms with Crippen LogP contribution in [-0.2, 0) is 14.3 Å². The van der Waals surface area contributed by atoms with Crippen LogP contribution in [0.1, 0.15) is 64.0 Å². The molecule has 202 valence electrons. The lowest BCUT2D eigenvalue weighted by Gasteiger charge is -2.23. The Kier molecular flexibility index (Phi) is 9.68. The topological polar surface area (TPSA) is 117 Å². The largest absolute Gasteiger partial charge is 0.513 e. The molecule has 2 aromatic rings. The summed E-state index contributed by atoms with van der Waals surface area (Å²) in [6.07, 6.45) is -6.09. The smallest absolute Gasteiger partial charge is 0.434 e. The van der Waals surface area contributed by atoms with Crippen molar-refractivity contribution in [2.24, 2.45) is 5.73 Å². The molecule has 1 amide bonds. The summed E-state index contributed by atoms with van der Waals surface area (Å²) in [6.45, 7) is 9.17. The van der Waals surface area contributed by atoms with E-state index in [2.05, 4.69) is 10.1 Å². The van der Waals surface area contributed by atoms with E-state index in [1.54, 1.807) is 0 Å². The number of nitrogens with two attached hydrogens (primary N) is 1. The summed E-state index contributed by atoms with van der Waals surface area (Å²) in [7, 11) is 0. The predicted molar refractivity (Wildman–Crippen MR) is 131 cm³/mol. The summed E-state index contributed by atoms with van der Waals surface area (Å²) in [4.78, 5) is 35.9. The number of hydrogen-bond acceptors (Lipinski definition) is 7. The molecule has 0 aromatic heterocycles. The Hall–Kier alpha value is -3.60. The van der Waals surface area contributed by atoms with Crippen molar-refractivity contribution >= 4 is 23.7 Å². The molecule has 0 aliphatic rings. The Morgan fingerprint density at radius 3 is 1.95 bits per heavy atom. The third-order valence-electron chi connectivity index (χ3n) is 5.42. The normalized spacial score (nSPS) is 13.2. The van der Waals surface area contributed by atoms with Gasteiger partial charge in [0.25, 0.3) is 0 Å². The highest BCUT2D eigenvalue weighted by Crippen LogP contribution is 2.34. The molecule has 3 N–H and O–H groups in total. The second-order valence-corrected chi connectivity index (χ2v) is 9.31. The molecule has 11 heteroatoms. The molecule has 37 heavy (non-hydrogen) atoms. The van der Waals surface area contributed by atoms with Gasteiger partial charge in [-0.15, -0.1) is 0 Å². The van der Waals surface area contributed by atoms with Crippen LogP contribution in [0.2, 0.25) is 0 Å². The molecule has 0 unspecified atom stereocenters. The summed E-state index contributed by atoms with van der Waals surface area (Å²) < 4.78 is 51.8. The second kappa shape index (κ2) is 12.1. The van der Waals surface area contributed by atoms with Crippen molar-refractivity contribution in [1.82, 2.24) is 0 Å². The van der Waals surface area contributed by atoms with E-state index in [0.29, 0.717) is 5.75 Å². The molecule has 0 saturated heterocycles. The number of ether oxygens (including phenoxy) is 3. The number of benzene rings is 2. The van der Waals surface area contributed by atoms with Gasteiger partial charge < -0.3 is 25.3 Å². The number of nitrogens with one attached hydrogen (secondary N) is 1. The molecule has 0 bridgehead atoms. The fourth-order valence-electron chi connectivity index (χ4n) is 3.22. The van der Waals surface area contributed by atoms with E-state index in [1.165, 1.54) is 19.1 Å². The lowest BCUT2D eigenvalue weighted by Crippen LogP contribution is -2.49. The Balaban J connectivity index is 1.93. The summed E-state index contributed by atoms with van der Waals surface area (Å²) in [5.74, 6) is -2.65. The third kappa shape index (κ3) is 8.49. The van der Waals surface area contributed by atoms with Crippen molar-refractivity contribution < 1.29 is 41.8 Å². The Bertz CT molecular complexity index is 1090. The number of carbonyl (C=O) groups is 3. The monoisotopic (exact) mass is 524 g/mol. The van der Waals surface area contributed by atoms with Gasteiger partial charge in [0.15, 0.2) is 0 Å². The lowest BCUT2D eigenvalue weighted by atomic mass is 9.94. The van der Waals surface area contributed by atoms with Crippen LogP contribution in [0, 0.1) is 0 Å². The minimum Gasteiger partial charge on any atom is -0.434 e. The van der Waals surface area contributed by atoms with E-state index < -0.39 is 29.7 Å². The van der Waals surface area contributed by atoms with Gasteiger partial charge in [-0.25, -0.2) is 9.59 Å². The van der Waals surface area contributed by atoms with E-state index in [9.17, 15) is 27.6 Å². The average molecular weight is 525 g/mol. The van der Waals surface area contributed by atoms with E-state index in [1.807, 2.05) is 45.9 Å². The molecule has 0 fully saturated rings. The standard InChI is InChI=1S/C26H31F3N2O6/c1-15(2)19-7-6-8-20(16(3)4)21(19)37-24(34)35-14-13-25(5,30)22(32)31-17-9-11-18(12-10-17)36-23(33)26(27,28)29/h6-12,15-16H,13-14,30H2,1-5H3,(H,31,32)/t25-/m0/s1. The number of carbonyl (C=O) groups excluding carboxylic acids is 3. The quantitative estimate of drug-likeness (QED) is 0.247. The second-order valence-electron chi connectivity index (χ2n) is 9.31. The zero-order valence-corrected chi connectivity index (χ0v) is 21.3. The lowest BCUT2D eigenvalue weighted by molar-refractivity contribution is -0.189. The zero-order valence-electron chi connectivity index (χ0n) is 21.3. The van der Waals surface area contributed by atoms with E-state index in [0.717, 1.165) is 23.3 Å². The van der Waals surface area contributed by atoms with Crippen molar-refractivity contribution in [1.29, 1.82) is 0 Å². The first-order valence-corrected chi connectivity index (χ1v) is 11.6. The summed E-state index contributed by atoms with van der Waals surface area (Å²) >= 11 is 0. The van der Waals surface area contributed by atoms with Crippen molar-refractivity contribution in [3.8, 4) is 11.5 Å². The van der Waals surface area contributed by atoms with Crippen LogP contribution in [0.15, 0.2) is 42.5 Å². The fraction of sp³-hybridized carbons (Fsp3) is 0.423. The zero-order chi connectivity index (χ0) is 28.0. The van der Waals surface area contributed by atoms with Crippen LogP contribution in [0.4, 0.5) is 23.7 Å². The van der Waals surface area contributed by atoms with Gasteiger partial charge in [0, 0.05) is 12.1 Å². The maximum absolute atomic E-state index is 12.6. The van der Waals surface area contributed by atoms with Crippen molar-refractivity contribution in [3.63, 3.8) is 0 Å². The van der Waals surface area contributed by atoms with Gasteiger partial charge in [0.1, 0.15) is 11.5 Å². The van der Waals surface area contributed by atoms with Gasteiger partial charge in [-0.05, 0) is 54.2 Å². The van der Waals surface area contributed by atoms with Crippen LogP contribution in [0.5, 0.6) is 11.5 Å². The highest BCUT2D eigenvalue weighted by atomic mass is 19.4. The van der Waals surface area contributed by atoms with Crippen LogP contribution in [0.25, 0.3) is 0 Å². The third-order valence-corrected chi connectivity index (χ3v) is 5.42. The number of alkyl halides is 3. The van der Waals surface area contributed by atoms with Crippen LogP contribution in [0.3, 0.4) is 0 Å². The molecule has 0 spiro atoms. The van der Waals surface area contributed by atoms with Gasteiger partial charge in [-0.1, -0.05) is 45.9 Å². The van der Waals surface area contributed by atoms with Crippen LogP contribution in [-0.4, -0.2) is 36.4 Å². The molecule has 1 atom stereocenters. The van der Waals surface area contributed by atoms with Crippen LogP contribution < -0.4 is 20.5 Å². The van der Waals surface area contributed by atoms with Gasteiger partial charge in [-0.2, -0.15) is 13.2 Å². The molecule has 2 rings (SSSR count). The van der Waals surface area contributed by atoms with E-state index in [-0.39, 0.29) is 36.3 Å². The number of halogens is 3. The van der Waals surface area contributed by atoms with Gasteiger partial charge in [0.2, 0.25) is 5.91 Å². The highest BCUT2D eigenvalue weighted by Gasteiger charge is 2.41. The minimum absolute atomic E-state index is 0.0436. The number of hydrogen-bond donors (Lipinski definition) is 2. The van der Waals surface area contributed by atoms with Crippen molar-refractivity contribution in [2.45, 2.75) is 64.6 Å². The molecular weight excluding hydrogens is 493 g/mol. The molecule has 8 nitrogen and oxygen atoms in total. The summed E-state index contributed by atoms with van der Waals surface area (Å²) in [5, 5.41) is 2.51. The van der Waals surface area contributed by atoms with Gasteiger partial charge >= 0.3 is 18.3 Å². The molecule has 2 aromatic carbocycles. The summed E-state index contributed by atoms with van der Waals surface area (Å²) in [5.41, 5.74) is 6.56. The minimum atomic E-state index is -5.13. The molecule has 0 saturated carbocycles. The number of esters is 1. The maximum Gasteiger partial charge on any atom is 0.513 e. The number of rotatable bonds is 9. The molecule has 0 radical (unpaired) electrons. The van der Waals surface area contributed by atoms with Crippen LogP contribution >= 0.6 is 0 Å². The maximum atomic E-state index is 12.6. The SMILES string of the molecule is CC(C)c1cccc(C(C)C)c1OC(=O)OCC[C@](C)(N)C(=O)Nc1ccc(OC(=O)C(F)(F)F)cc1. The van der Waals surface area contributed by atoms with Gasteiger partial charge in [-0.3, -0.25) is 4.79 Å². The first-order chi connectivity index (χ1) is 17.1. The molecule has 0 aliphatic carbocycles. The van der Waals surface area contributed by atoms with E-state index in [4.69, 9.17) is 15.2 Å². The van der Waals surface area contributed by atoms with Crippen molar-refractivity contribution in [2.75, 3.05) is 11.9 Å². The average Bonchev–Trinajstić information content (AvgIpc) is 2.79. The fourth-order valence-corrected chi connectivity index (χ4v) is 3.22. The Morgan fingerprint density at radius 2 is 1.46 bits per heavy atom. The number of amides is 1. The Morgan fingerprint density at radius 1 is 0.919 bits per heavy atom. The highest BCUT2D eigenvalue weighted by molar-refractivity contribution is 5.97. The molecule has 0 heterocycles. The number of para-hydroxylation sites is 1. The molecular formula is C26H31F3N2O6. The number of anilines is 1. The van der Waals surface area contributed by atoms with Gasteiger partial charge in [0.05, 0.1) is 12.1 Å². The predicted octanol–water partition coefficient (Wildman–Crippen LogP) is 5.66. The van der Waals surface area contributed by atoms with Crippen molar-refractivity contribution in [3.05, 3.63) is 53.6 Å². The first-order valence-electron chi connectivity index (χ1n) is 11.6.